The Balaban J connectivity index is 1.16. The summed E-state index contributed by atoms with van der Waals surface area (Å²) in [5.41, 5.74) is 3.47. The van der Waals surface area contributed by atoms with Gasteiger partial charge in [-0.05, 0) is 47.4 Å². The predicted octanol–water partition coefficient (Wildman–Crippen LogP) is 4.25. The number of pyridine rings is 1. The van der Waals surface area contributed by atoms with E-state index in [9.17, 15) is 9.90 Å². The molecule has 31 heavy (non-hydrogen) atoms. The van der Waals surface area contributed by atoms with Crippen molar-refractivity contribution in [2.45, 2.75) is 24.9 Å². The van der Waals surface area contributed by atoms with Crippen LogP contribution in [-0.4, -0.2) is 46.0 Å². The third kappa shape index (κ3) is 4.46. The highest BCUT2D eigenvalue weighted by Crippen LogP contribution is 2.45. The number of ketones is 1. The summed E-state index contributed by atoms with van der Waals surface area (Å²) in [6.45, 7) is 2.26. The van der Waals surface area contributed by atoms with Gasteiger partial charge in [-0.1, -0.05) is 60.7 Å². The third-order valence-corrected chi connectivity index (χ3v) is 6.88. The van der Waals surface area contributed by atoms with E-state index in [-0.39, 0.29) is 5.78 Å². The van der Waals surface area contributed by atoms with Gasteiger partial charge in [0.15, 0.2) is 5.78 Å². The first-order valence-corrected chi connectivity index (χ1v) is 11.1. The molecule has 2 heterocycles. The molecule has 2 aromatic carbocycles. The lowest BCUT2D eigenvalue weighted by Crippen LogP contribution is -2.34. The van der Waals surface area contributed by atoms with Crippen LogP contribution in [0.5, 0.6) is 0 Å². The van der Waals surface area contributed by atoms with E-state index in [1.54, 1.807) is 6.20 Å². The minimum atomic E-state index is -0.602. The van der Waals surface area contributed by atoms with Crippen LogP contribution in [0.15, 0.2) is 79.1 Å². The molecule has 2 fully saturated rings. The number of hydrogen-bond donors (Lipinski definition) is 1. The Morgan fingerprint density at radius 3 is 2.29 bits per heavy atom. The van der Waals surface area contributed by atoms with Crippen molar-refractivity contribution in [1.82, 2.24) is 9.88 Å². The maximum atomic E-state index is 12.8. The fourth-order valence-electron chi connectivity index (χ4n) is 5.48. The minimum Gasteiger partial charge on any atom is -0.390 e. The molecule has 1 aromatic heterocycles. The largest absolute Gasteiger partial charge is 0.390 e. The summed E-state index contributed by atoms with van der Waals surface area (Å²) in [7, 11) is 0. The summed E-state index contributed by atoms with van der Waals surface area (Å²) in [5.74, 6) is 1.13. The van der Waals surface area contributed by atoms with Crippen LogP contribution in [0.3, 0.4) is 0 Å². The van der Waals surface area contributed by atoms with Gasteiger partial charge >= 0.3 is 0 Å². The van der Waals surface area contributed by atoms with Gasteiger partial charge in [-0.3, -0.25) is 14.7 Å². The average Bonchev–Trinajstić information content (AvgIpc) is 3.28. The molecule has 0 bridgehead atoms. The summed E-state index contributed by atoms with van der Waals surface area (Å²) < 4.78 is 0. The van der Waals surface area contributed by atoms with E-state index in [0.717, 1.165) is 49.0 Å². The van der Waals surface area contributed by atoms with E-state index in [4.69, 9.17) is 0 Å². The lowest BCUT2D eigenvalue weighted by Gasteiger charge is -2.26. The van der Waals surface area contributed by atoms with E-state index in [1.165, 1.54) is 5.56 Å². The number of rotatable bonds is 6. The quantitative estimate of drug-likeness (QED) is 0.615. The second kappa shape index (κ2) is 8.37. The Labute approximate surface area is 183 Å². The number of hydrogen-bond acceptors (Lipinski definition) is 4. The Kier molecular flexibility index (Phi) is 5.43. The molecule has 1 saturated carbocycles. The number of fused-ring (bicyclic) bond motifs is 1. The van der Waals surface area contributed by atoms with E-state index < -0.39 is 5.60 Å². The fourth-order valence-corrected chi connectivity index (χ4v) is 5.48. The minimum absolute atomic E-state index is 0.164. The molecule has 1 N–H and O–H groups in total. The molecule has 3 atom stereocenters. The zero-order valence-corrected chi connectivity index (χ0v) is 17.7. The van der Waals surface area contributed by atoms with E-state index in [0.29, 0.717) is 18.4 Å². The molecule has 3 aromatic rings. The highest BCUT2D eigenvalue weighted by atomic mass is 16.3. The molecule has 4 heteroatoms. The number of carbonyl (C=O) groups excluding carboxylic acids is 1. The second-order valence-electron chi connectivity index (χ2n) is 9.25. The zero-order chi connectivity index (χ0) is 21.3. The lowest BCUT2D eigenvalue weighted by atomic mass is 9.91. The number of benzene rings is 2. The van der Waals surface area contributed by atoms with Crippen molar-refractivity contribution in [1.29, 1.82) is 0 Å². The van der Waals surface area contributed by atoms with E-state index in [2.05, 4.69) is 22.0 Å². The maximum Gasteiger partial charge on any atom is 0.176 e. The Morgan fingerprint density at radius 2 is 1.65 bits per heavy atom. The van der Waals surface area contributed by atoms with E-state index in [1.807, 2.05) is 60.8 Å². The number of likely N-dealkylation sites (tertiary alicyclic amines) is 1. The van der Waals surface area contributed by atoms with Crippen LogP contribution < -0.4 is 0 Å². The summed E-state index contributed by atoms with van der Waals surface area (Å²) in [5, 5.41) is 11.1. The molecule has 1 aliphatic carbocycles. The van der Waals surface area contributed by atoms with Crippen molar-refractivity contribution in [2.24, 2.45) is 11.8 Å². The van der Waals surface area contributed by atoms with Crippen LogP contribution in [0.4, 0.5) is 0 Å². The predicted molar refractivity (Wildman–Crippen MR) is 122 cm³/mol. The van der Waals surface area contributed by atoms with Crippen LogP contribution in [0.2, 0.25) is 0 Å². The summed E-state index contributed by atoms with van der Waals surface area (Å²) >= 11 is 0. The smallest absolute Gasteiger partial charge is 0.176 e. The van der Waals surface area contributed by atoms with E-state index >= 15 is 0 Å². The van der Waals surface area contributed by atoms with Crippen molar-refractivity contribution < 1.29 is 9.90 Å². The third-order valence-electron chi connectivity index (χ3n) is 6.88. The maximum absolute atomic E-state index is 12.8. The number of aliphatic hydroxyl groups is 1. The average molecular weight is 413 g/mol. The van der Waals surface area contributed by atoms with Crippen molar-refractivity contribution >= 4 is 5.78 Å². The van der Waals surface area contributed by atoms with Gasteiger partial charge in [-0.2, -0.15) is 0 Å². The first kappa shape index (κ1) is 20.1. The molecule has 1 unspecified atom stereocenters. The molecule has 0 spiro atoms. The molecule has 5 rings (SSSR count). The van der Waals surface area contributed by atoms with Gasteiger partial charge in [0.05, 0.1) is 12.1 Å². The SMILES string of the molecule is O=C(CN1C[C@@H]2CC(O)(Cc3ccccc3)C[C@@H]2C1)c1ccc(-c2cccnc2)cc1. The van der Waals surface area contributed by atoms with Crippen LogP contribution in [0.25, 0.3) is 11.1 Å². The van der Waals surface area contributed by atoms with Crippen LogP contribution in [0, 0.1) is 11.8 Å². The van der Waals surface area contributed by atoms with Gasteiger partial charge in [-0.15, -0.1) is 0 Å². The molecule has 0 radical (unpaired) electrons. The normalized spacial score (nSPS) is 25.5. The summed E-state index contributed by atoms with van der Waals surface area (Å²) in [6, 6.07) is 22.0. The summed E-state index contributed by atoms with van der Waals surface area (Å²) in [4.78, 5) is 19.3. The monoisotopic (exact) mass is 412 g/mol. The van der Waals surface area contributed by atoms with Crippen molar-refractivity contribution in [3.8, 4) is 11.1 Å². The summed E-state index contributed by atoms with van der Waals surface area (Å²) in [6.07, 6.45) is 5.98. The molecule has 158 valence electrons. The molecule has 4 nitrogen and oxygen atoms in total. The standard InChI is InChI=1S/C27H28N2O2/c30-26(22-10-8-21(9-11-22)23-7-4-12-28-16-23)19-29-17-24-14-27(31,15-25(24)18-29)13-20-5-2-1-3-6-20/h1-12,16,24-25,31H,13-15,17-19H2/t24-,25+,27?. The zero-order valence-electron chi connectivity index (χ0n) is 17.7. The molecular weight excluding hydrogens is 384 g/mol. The van der Waals surface area contributed by atoms with Gasteiger partial charge in [0.1, 0.15) is 0 Å². The van der Waals surface area contributed by atoms with Gasteiger partial charge in [0, 0.05) is 37.5 Å². The first-order chi connectivity index (χ1) is 15.1. The molecular formula is C27H28N2O2. The fraction of sp³-hybridized carbons (Fsp3) is 0.333. The number of Topliss-reactive ketones (excluding diaryl/α,β-unsaturated/α-hetero) is 1. The van der Waals surface area contributed by atoms with Gasteiger partial charge in [0.25, 0.3) is 0 Å². The molecule has 0 amide bonds. The molecule has 1 saturated heterocycles. The second-order valence-corrected chi connectivity index (χ2v) is 9.25. The number of carbonyl (C=O) groups is 1. The van der Waals surface area contributed by atoms with Crippen LogP contribution in [-0.2, 0) is 6.42 Å². The van der Waals surface area contributed by atoms with Crippen LogP contribution >= 0.6 is 0 Å². The van der Waals surface area contributed by atoms with Crippen molar-refractivity contribution in [3.05, 3.63) is 90.3 Å². The highest BCUT2D eigenvalue weighted by Gasteiger charge is 2.48. The van der Waals surface area contributed by atoms with Gasteiger partial charge < -0.3 is 5.11 Å². The topological polar surface area (TPSA) is 53.4 Å². The Morgan fingerprint density at radius 1 is 0.935 bits per heavy atom. The highest BCUT2D eigenvalue weighted by molar-refractivity contribution is 5.98. The molecule has 1 aliphatic heterocycles. The van der Waals surface area contributed by atoms with Gasteiger partial charge in [0.2, 0.25) is 0 Å². The number of aromatic nitrogens is 1. The van der Waals surface area contributed by atoms with Gasteiger partial charge in [-0.25, -0.2) is 0 Å². The Hall–Kier alpha value is -2.82. The first-order valence-electron chi connectivity index (χ1n) is 11.1. The molecule has 2 aliphatic rings. The number of nitrogens with zero attached hydrogens (tertiary/aromatic N) is 2. The van der Waals surface area contributed by atoms with Crippen LogP contribution in [0.1, 0.15) is 28.8 Å². The van der Waals surface area contributed by atoms with Crippen molar-refractivity contribution in [2.75, 3.05) is 19.6 Å². The lowest BCUT2D eigenvalue weighted by molar-refractivity contribution is 0.0355. The van der Waals surface area contributed by atoms with Crippen molar-refractivity contribution in [3.63, 3.8) is 0 Å². The Bertz CT molecular complexity index is 1020.